The van der Waals surface area contributed by atoms with Crippen LogP contribution in [0.1, 0.15) is 0 Å². The maximum atomic E-state index is 11.6. The van der Waals surface area contributed by atoms with Gasteiger partial charge in [-0.25, -0.2) is 0 Å². The predicted octanol–water partition coefficient (Wildman–Crippen LogP) is 2.76. The zero-order valence-electron chi connectivity index (χ0n) is 8.36. The van der Waals surface area contributed by atoms with Gasteiger partial charge < -0.3 is 4.98 Å². The molecule has 0 saturated carbocycles. The first-order valence-corrected chi connectivity index (χ1v) is 5.86. The van der Waals surface area contributed by atoms with Gasteiger partial charge in [-0.1, -0.05) is 30.3 Å². The van der Waals surface area contributed by atoms with Crippen molar-refractivity contribution in [3.8, 4) is 11.1 Å². The molecule has 0 spiro atoms. The van der Waals surface area contributed by atoms with Crippen molar-refractivity contribution in [2.75, 3.05) is 6.26 Å². The van der Waals surface area contributed by atoms with Gasteiger partial charge in [-0.2, -0.15) is 0 Å². The van der Waals surface area contributed by atoms with Crippen LogP contribution in [0.2, 0.25) is 0 Å². The van der Waals surface area contributed by atoms with E-state index in [0.717, 1.165) is 16.0 Å². The number of pyridine rings is 1. The molecule has 0 bridgehead atoms. The van der Waals surface area contributed by atoms with E-state index in [0.29, 0.717) is 0 Å². The molecule has 0 saturated heterocycles. The van der Waals surface area contributed by atoms with E-state index in [4.69, 9.17) is 0 Å². The summed E-state index contributed by atoms with van der Waals surface area (Å²) >= 11 is 1.47. The highest BCUT2D eigenvalue weighted by Gasteiger charge is 2.06. The van der Waals surface area contributed by atoms with Crippen LogP contribution < -0.4 is 5.56 Å². The summed E-state index contributed by atoms with van der Waals surface area (Å²) in [6.07, 6.45) is 3.60. The molecule has 1 aromatic carbocycles. The summed E-state index contributed by atoms with van der Waals surface area (Å²) in [5.74, 6) is 0. The van der Waals surface area contributed by atoms with Gasteiger partial charge in [0.2, 0.25) is 0 Å². The molecular weight excluding hydrogens is 206 g/mol. The molecule has 0 aliphatic carbocycles. The monoisotopic (exact) mass is 217 g/mol. The topological polar surface area (TPSA) is 32.9 Å². The first-order chi connectivity index (χ1) is 7.33. The lowest BCUT2D eigenvalue weighted by Crippen LogP contribution is -2.08. The molecule has 0 aliphatic rings. The predicted molar refractivity (Wildman–Crippen MR) is 64.3 cm³/mol. The van der Waals surface area contributed by atoms with Crippen molar-refractivity contribution in [2.24, 2.45) is 0 Å². The lowest BCUT2D eigenvalue weighted by atomic mass is 10.1. The summed E-state index contributed by atoms with van der Waals surface area (Å²) in [6.45, 7) is 0. The van der Waals surface area contributed by atoms with Crippen LogP contribution in [0.25, 0.3) is 11.1 Å². The Kier molecular flexibility index (Phi) is 2.92. The molecule has 1 N–H and O–H groups in total. The van der Waals surface area contributed by atoms with Crippen LogP contribution in [0.15, 0.2) is 52.3 Å². The SMILES string of the molecule is CSc1c(-c2ccccc2)cc[nH]c1=O. The van der Waals surface area contributed by atoms with Crippen molar-refractivity contribution in [2.45, 2.75) is 4.90 Å². The number of hydrogen-bond donors (Lipinski definition) is 1. The van der Waals surface area contributed by atoms with E-state index in [1.165, 1.54) is 11.8 Å². The number of nitrogens with one attached hydrogen (secondary N) is 1. The highest BCUT2D eigenvalue weighted by Crippen LogP contribution is 2.26. The van der Waals surface area contributed by atoms with Gasteiger partial charge >= 0.3 is 0 Å². The minimum Gasteiger partial charge on any atom is -0.328 e. The number of aromatic amines is 1. The van der Waals surface area contributed by atoms with Crippen molar-refractivity contribution in [1.82, 2.24) is 4.98 Å². The maximum absolute atomic E-state index is 11.6. The molecule has 0 unspecified atom stereocenters. The normalized spacial score (nSPS) is 10.2. The molecule has 3 heteroatoms. The Labute approximate surface area is 92.4 Å². The Morgan fingerprint density at radius 1 is 1.13 bits per heavy atom. The third-order valence-electron chi connectivity index (χ3n) is 2.20. The van der Waals surface area contributed by atoms with Crippen LogP contribution in [-0.2, 0) is 0 Å². The Balaban J connectivity index is 2.63. The second-order valence-electron chi connectivity index (χ2n) is 3.12. The Hall–Kier alpha value is -1.48. The standard InChI is InChI=1S/C12H11NOS/c1-15-11-10(7-8-13-12(11)14)9-5-3-2-4-6-9/h2-8H,1H3,(H,13,14). The zero-order valence-corrected chi connectivity index (χ0v) is 9.17. The molecule has 76 valence electrons. The lowest BCUT2D eigenvalue weighted by molar-refractivity contribution is 1.15. The van der Waals surface area contributed by atoms with Gasteiger partial charge in [-0.3, -0.25) is 4.79 Å². The molecular formula is C12H11NOS. The molecule has 0 atom stereocenters. The minimum atomic E-state index is -0.0242. The summed E-state index contributed by atoms with van der Waals surface area (Å²) in [6, 6.07) is 11.9. The molecule has 2 nitrogen and oxygen atoms in total. The second kappa shape index (κ2) is 4.36. The fraction of sp³-hybridized carbons (Fsp3) is 0.0833. The van der Waals surface area contributed by atoms with Gasteiger partial charge in [0, 0.05) is 11.8 Å². The van der Waals surface area contributed by atoms with Crippen LogP contribution in [0.3, 0.4) is 0 Å². The number of aromatic nitrogens is 1. The molecule has 0 fully saturated rings. The molecule has 1 aromatic heterocycles. The molecule has 0 aliphatic heterocycles. The van der Waals surface area contributed by atoms with Gasteiger partial charge in [0.05, 0.1) is 4.90 Å². The molecule has 2 aromatic rings. The van der Waals surface area contributed by atoms with Crippen molar-refractivity contribution in [1.29, 1.82) is 0 Å². The Bertz CT molecular complexity index is 505. The van der Waals surface area contributed by atoms with Crippen LogP contribution in [0.5, 0.6) is 0 Å². The number of thioether (sulfide) groups is 1. The number of hydrogen-bond acceptors (Lipinski definition) is 2. The molecule has 1 heterocycles. The van der Waals surface area contributed by atoms with Gasteiger partial charge in [-0.15, -0.1) is 11.8 Å². The highest BCUT2D eigenvalue weighted by atomic mass is 32.2. The number of H-pyrrole nitrogens is 1. The fourth-order valence-electron chi connectivity index (χ4n) is 1.51. The third-order valence-corrected chi connectivity index (χ3v) is 3.02. The van der Waals surface area contributed by atoms with Crippen LogP contribution >= 0.6 is 11.8 Å². The van der Waals surface area contributed by atoms with Crippen LogP contribution in [0.4, 0.5) is 0 Å². The van der Waals surface area contributed by atoms with Crippen molar-refractivity contribution in [3.63, 3.8) is 0 Å². The van der Waals surface area contributed by atoms with Crippen LogP contribution in [-0.4, -0.2) is 11.2 Å². The average molecular weight is 217 g/mol. The summed E-state index contributed by atoms with van der Waals surface area (Å²) in [5.41, 5.74) is 2.05. The van der Waals surface area contributed by atoms with Gasteiger partial charge in [0.25, 0.3) is 5.56 Å². The van der Waals surface area contributed by atoms with Crippen molar-refractivity contribution in [3.05, 3.63) is 52.9 Å². The zero-order chi connectivity index (χ0) is 10.7. The third kappa shape index (κ3) is 1.97. The Morgan fingerprint density at radius 2 is 1.87 bits per heavy atom. The maximum Gasteiger partial charge on any atom is 0.262 e. The van der Waals surface area contributed by atoms with Gasteiger partial charge in [0.1, 0.15) is 0 Å². The smallest absolute Gasteiger partial charge is 0.262 e. The summed E-state index contributed by atoms with van der Waals surface area (Å²) < 4.78 is 0. The lowest BCUT2D eigenvalue weighted by Gasteiger charge is -2.05. The molecule has 0 amide bonds. The van der Waals surface area contributed by atoms with Crippen molar-refractivity contribution < 1.29 is 0 Å². The molecule has 15 heavy (non-hydrogen) atoms. The van der Waals surface area contributed by atoms with Crippen molar-refractivity contribution >= 4 is 11.8 Å². The van der Waals surface area contributed by atoms with E-state index in [1.807, 2.05) is 42.7 Å². The highest BCUT2D eigenvalue weighted by molar-refractivity contribution is 7.98. The van der Waals surface area contributed by atoms with Gasteiger partial charge in [0.15, 0.2) is 0 Å². The Morgan fingerprint density at radius 3 is 2.53 bits per heavy atom. The molecule has 2 rings (SSSR count). The first kappa shape index (κ1) is 10.1. The minimum absolute atomic E-state index is 0.0242. The summed E-state index contributed by atoms with van der Waals surface area (Å²) in [5, 5.41) is 0. The summed E-state index contributed by atoms with van der Waals surface area (Å²) in [7, 11) is 0. The molecule has 0 radical (unpaired) electrons. The number of rotatable bonds is 2. The van der Waals surface area contributed by atoms with E-state index >= 15 is 0 Å². The van der Waals surface area contributed by atoms with E-state index in [-0.39, 0.29) is 5.56 Å². The van der Waals surface area contributed by atoms with Gasteiger partial charge in [-0.05, 0) is 17.9 Å². The van der Waals surface area contributed by atoms with E-state index in [1.54, 1.807) is 6.20 Å². The van der Waals surface area contributed by atoms with E-state index in [9.17, 15) is 4.79 Å². The first-order valence-electron chi connectivity index (χ1n) is 4.64. The van der Waals surface area contributed by atoms with Crippen LogP contribution in [0, 0.1) is 0 Å². The second-order valence-corrected chi connectivity index (χ2v) is 3.94. The average Bonchev–Trinajstić information content (AvgIpc) is 2.30. The van der Waals surface area contributed by atoms with E-state index in [2.05, 4.69) is 4.98 Å². The van der Waals surface area contributed by atoms with E-state index < -0.39 is 0 Å². The largest absolute Gasteiger partial charge is 0.328 e. The quantitative estimate of drug-likeness (QED) is 0.785. The summed E-state index contributed by atoms with van der Waals surface area (Å²) in [4.78, 5) is 15.0. The number of benzene rings is 1. The fourth-order valence-corrected chi connectivity index (χ4v) is 2.16.